The number of carbonyl (C=O) groups is 1. The summed E-state index contributed by atoms with van der Waals surface area (Å²) in [5, 5.41) is 11.6. The summed E-state index contributed by atoms with van der Waals surface area (Å²) in [5.41, 5.74) is 0.486. The second kappa shape index (κ2) is 7.21. The molecule has 0 bridgehead atoms. The number of nitrogens with one attached hydrogen (secondary N) is 1. The van der Waals surface area contributed by atoms with Gasteiger partial charge < -0.3 is 15.3 Å². The Balaban J connectivity index is 1.77. The van der Waals surface area contributed by atoms with Gasteiger partial charge in [-0.15, -0.1) is 0 Å². The number of piperazine rings is 1. The predicted octanol–water partition coefficient (Wildman–Crippen LogP) is 0.645. The summed E-state index contributed by atoms with van der Waals surface area (Å²) >= 11 is 0. The summed E-state index contributed by atoms with van der Waals surface area (Å²) in [6, 6.07) is 6.25. The fourth-order valence-electron chi connectivity index (χ4n) is 2.24. The Morgan fingerprint density at radius 3 is 2.60 bits per heavy atom. The van der Waals surface area contributed by atoms with Crippen LogP contribution in [0, 0.1) is 5.82 Å². The number of carbonyl (C=O) groups excluding carboxylic acids is 1. The molecule has 0 saturated carbocycles. The highest BCUT2D eigenvalue weighted by molar-refractivity contribution is 5.74. The Bertz CT molecular complexity index is 448. The molecule has 1 fully saturated rings. The van der Waals surface area contributed by atoms with Crippen LogP contribution in [0.25, 0.3) is 0 Å². The third-order valence-corrected chi connectivity index (χ3v) is 3.46. The molecule has 20 heavy (non-hydrogen) atoms. The number of halogens is 1. The highest BCUT2D eigenvalue weighted by atomic mass is 19.1. The third kappa shape index (κ3) is 3.91. The molecular weight excluding hydrogens is 261 g/mol. The standard InChI is InChI=1S/C14H20FN3O2/c15-13-4-2-1-3-12(13)11-16-14(20)18-7-5-17(6-8-18)9-10-19/h1-4,19H,5-11H2,(H,16,20). The zero-order valence-electron chi connectivity index (χ0n) is 11.4. The first-order valence-corrected chi connectivity index (χ1v) is 6.80. The average Bonchev–Trinajstić information content (AvgIpc) is 2.47. The van der Waals surface area contributed by atoms with Gasteiger partial charge in [0, 0.05) is 44.8 Å². The zero-order chi connectivity index (χ0) is 14.4. The van der Waals surface area contributed by atoms with Crippen LogP contribution in [0.15, 0.2) is 24.3 Å². The normalized spacial score (nSPS) is 16.2. The maximum atomic E-state index is 13.4. The van der Waals surface area contributed by atoms with Crippen LogP contribution < -0.4 is 5.32 Å². The number of hydrogen-bond acceptors (Lipinski definition) is 3. The van der Waals surface area contributed by atoms with Crippen molar-refractivity contribution in [2.45, 2.75) is 6.54 Å². The number of aliphatic hydroxyl groups excluding tert-OH is 1. The van der Waals surface area contributed by atoms with Crippen molar-refractivity contribution in [1.82, 2.24) is 15.1 Å². The van der Waals surface area contributed by atoms with E-state index in [-0.39, 0.29) is 25.0 Å². The Hall–Kier alpha value is -1.66. The van der Waals surface area contributed by atoms with Crippen molar-refractivity contribution in [2.24, 2.45) is 0 Å². The van der Waals surface area contributed by atoms with E-state index in [9.17, 15) is 9.18 Å². The number of hydrogen-bond donors (Lipinski definition) is 2. The highest BCUT2D eigenvalue weighted by Crippen LogP contribution is 2.06. The van der Waals surface area contributed by atoms with E-state index in [4.69, 9.17) is 5.11 Å². The second-order valence-corrected chi connectivity index (χ2v) is 4.80. The molecule has 2 amide bonds. The quantitative estimate of drug-likeness (QED) is 0.852. The summed E-state index contributed by atoms with van der Waals surface area (Å²) < 4.78 is 13.4. The lowest BCUT2D eigenvalue weighted by Gasteiger charge is -2.34. The number of rotatable bonds is 4. The van der Waals surface area contributed by atoms with Gasteiger partial charge in [0.25, 0.3) is 0 Å². The number of nitrogens with zero attached hydrogens (tertiary/aromatic N) is 2. The fourth-order valence-corrected chi connectivity index (χ4v) is 2.24. The molecule has 1 aromatic carbocycles. The molecule has 1 aliphatic heterocycles. The molecule has 110 valence electrons. The van der Waals surface area contributed by atoms with E-state index in [1.807, 2.05) is 0 Å². The van der Waals surface area contributed by atoms with Crippen LogP contribution in [0.3, 0.4) is 0 Å². The van der Waals surface area contributed by atoms with Crippen molar-refractivity contribution >= 4 is 6.03 Å². The van der Waals surface area contributed by atoms with Crippen LogP contribution in [-0.4, -0.2) is 60.3 Å². The summed E-state index contributed by atoms with van der Waals surface area (Å²) in [6.45, 7) is 3.75. The minimum Gasteiger partial charge on any atom is -0.395 e. The largest absolute Gasteiger partial charge is 0.395 e. The van der Waals surface area contributed by atoms with E-state index in [1.165, 1.54) is 6.07 Å². The van der Waals surface area contributed by atoms with E-state index >= 15 is 0 Å². The van der Waals surface area contributed by atoms with Gasteiger partial charge in [0.05, 0.1) is 6.61 Å². The predicted molar refractivity (Wildman–Crippen MR) is 73.7 cm³/mol. The summed E-state index contributed by atoms with van der Waals surface area (Å²) in [5.74, 6) is -0.305. The molecule has 0 aliphatic carbocycles. The first-order chi connectivity index (χ1) is 9.70. The van der Waals surface area contributed by atoms with Gasteiger partial charge in [-0.2, -0.15) is 0 Å². The smallest absolute Gasteiger partial charge is 0.317 e. The van der Waals surface area contributed by atoms with Crippen LogP contribution in [-0.2, 0) is 6.54 Å². The van der Waals surface area contributed by atoms with Crippen LogP contribution in [0.5, 0.6) is 0 Å². The molecule has 1 aromatic rings. The number of amides is 2. The van der Waals surface area contributed by atoms with Gasteiger partial charge in [0.1, 0.15) is 5.82 Å². The molecule has 6 heteroatoms. The number of benzene rings is 1. The molecule has 0 atom stereocenters. The molecule has 0 spiro atoms. The molecule has 1 heterocycles. The van der Waals surface area contributed by atoms with Gasteiger partial charge >= 0.3 is 6.03 Å². The monoisotopic (exact) mass is 281 g/mol. The molecular formula is C14H20FN3O2. The minimum atomic E-state index is -0.305. The van der Waals surface area contributed by atoms with Crippen molar-refractivity contribution in [2.75, 3.05) is 39.3 Å². The number of β-amino-alcohol motifs (C(OH)–C–C–N with tert-alkyl or cyclic N) is 1. The number of urea groups is 1. The van der Waals surface area contributed by atoms with Crippen LogP contribution in [0.4, 0.5) is 9.18 Å². The summed E-state index contributed by atoms with van der Waals surface area (Å²) in [4.78, 5) is 15.8. The number of aliphatic hydroxyl groups is 1. The Morgan fingerprint density at radius 2 is 1.95 bits per heavy atom. The van der Waals surface area contributed by atoms with Gasteiger partial charge in [-0.1, -0.05) is 18.2 Å². The van der Waals surface area contributed by atoms with Gasteiger partial charge in [-0.05, 0) is 6.07 Å². The Morgan fingerprint density at radius 1 is 1.25 bits per heavy atom. The topological polar surface area (TPSA) is 55.8 Å². The van der Waals surface area contributed by atoms with Gasteiger partial charge in [-0.25, -0.2) is 9.18 Å². The average molecular weight is 281 g/mol. The lowest BCUT2D eigenvalue weighted by Crippen LogP contribution is -2.52. The molecule has 1 aliphatic rings. The van der Waals surface area contributed by atoms with E-state index in [0.29, 0.717) is 25.2 Å². The van der Waals surface area contributed by atoms with E-state index in [1.54, 1.807) is 23.1 Å². The van der Waals surface area contributed by atoms with Gasteiger partial charge in [-0.3, -0.25) is 4.90 Å². The SMILES string of the molecule is O=C(NCc1ccccc1F)N1CCN(CCO)CC1. The molecule has 5 nitrogen and oxygen atoms in total. The summed E-state index contributed by atoms with van der Waals surface area (Å²) in [6.07, 6.45) is 0. The van der Waals surface area contributed by atoms with Crippen molar-refractivity contribution in [3.05, 3.63) is 35.6 Å². The van der Waals surface area contributed by atoms with Crippen molar-refractivity contribution in [3.8, 4) is 0 Å². The molecule has 0 unspecified atom stereocenters. The fraction of sp³-hybridized carbons (Fsp3) is 0.500. The maximum Gasteiger partial charge on any atom is 0.317 e. The van der Waals surface area contributed by atoms with Crippen molar-refractivity contribution < 1.29 is 14.3 Å². The van der Waals surface area contributed by atoms with Gasteiger partial charge in [0.2, 0.25) is 0 Å². The maximum absolute atomic E-state index is 13.4. The lowest BCUT2D eigenvalue weighted by molar-refractivity contribution is 0.122. The van der Waals surface area contributed by atoms with E-state index in [2.05, 4.69) is 10.2 Å². The van der Waals surface area contributed by atoms with Crippen LogP contribution >= 0.6 is 0 Å². The molecule has 0 aromatic heterocycles. The molecule has 2 rings (SSSR count). The van der Waals surface area contributed by atoms with Crippen LogP contribution in [0.1, 0.15) is 5.56 Å². The van der Waals surface area contributed by atoms with E-state index in [0.717, 1.165) is 13.1 Å². The lowest BCUT2D eigenvalue weighted by atomic mass is 10.2. The van der Waals surface area contributed by atoms with Crippen molar-refractivity contribution in [3.63, 3.8) is 0 Å². The third-order valence-electron chi connectivity index (χ3n) is 3.46. The highest BCUT2D eigenvalue weighted by Gasteiger charge is 2.20. The van der Waals surface area contributed by atoms with Crippen LogP contribution in [0.2, 0.25) is 0 Å². The second-order valence-electron chi connectivity index (χ2n) is 4.80. The van der Waals surface area contributed by atoms with E-state index < -0.39 is 0 Å². The zero-order valence-corrected chi connectivity index (χ0v) is 11.4. The van der Waals surface area contributed by atoms with Crippen molar-refractivity contribution in [1.29, 1.82) is 0 Å². The summed E-state index contributed by atoms with van der Waals surface area (Å²) in [7, 11) is 0. The van der Waals surface area contributed by atoms with Gasteiger partial charge in [0.15, 0.2) is 0 Å². The first kappa shape index (κ1) is 14.7. The first-order valence-electron chi connectivity index (χ1n) is 6.80. The Kier molecular flexibility index (Phi) is 5.31. The molecule has 1 saturated heterocycles. The Labute approximate surface area is 118 Å². The molecule has 2 N–H and O–H groups in total. The molecule has 0 radical (unpaired) electrons. The minimum absolute atomic E-state index is 0.138.